The topological polar surface area (TPSA) is 65.5 Å². The SMILES string of the molecule is CC.Cc1ccc(Nc2cncc(/C=C\N(C)CCCO)c2C=O)c(F)c1. The van der Waals surface area contributed by atoms with E-state index in [2.05, 4.69) is 10.3 Å². The number of hydrogen-bond donors (Lipinski definition) is 2. The van der Waals surface area contributed by atoms with E-state index in [4.69, 9.17) is 5.11 Å². The van der Waals surface area contributed by atoms with Gasteiger partial charge in [-0.2, -0.15) is 0 Å². The predicted molar refractivity (Wildman–Crippen MR) is 109 cm³/mol. The molecule has 0 fully saturated rings. The van der Waals surface area contributed by atoms with Gasteiger partial charge in [-0.1, -0.05) is 19.9 Å². The van der Waals surface area contributed by atoms with E-state index in [9.17, 15) is 9.18 Å². The van der Waals surface area contributed by atoms with E-state index in [1.165, 1.54) is 12.3 Å². The van der Waals surface area contributed by atoms with Crippen LogP contribution in [0.4, 0.5) is 15.8 Å². The van der Waals surface area contributed by atoms with Crippen molar-refractivity contribution in [3.05, 3.63) is 59.3 Å². The number of aldehydes is 1. The fourth-order valence-corrected chi connectivity index (χ4v) is 2.32. The Hall–Kier alpha value is -2.73. The average Bonchev–Trinajstić information content (AvgIpc) is 2.68. The van der Waals surface area contributed by atoms with Crippen LogP contribution in [0.5, 0.6) is 0 Å². The summed E-state index contributed by atoms with van der Waals surface area (Å²) >= 11 is 0. The van der Waals surface area contributed by atoms with Crippen LogP contribution in [0, 0.1) is 12.7 Å². The molecule has 2 N–H and O–H groups in total. The van der Waals surface area contributed by atoms with Gasteiger partial charge in [-0.25, -0.2) is 4.39 Å². The molecule has 0 aliphatic carbocycles. The summed E-state index contributed by atoms with van der Waals surface area (Å²) in [5, 5.41) is 11.8. The number of halogens is 1. The molecule has 0 aliphatic rings. The summed E-state index contributed by atoms with van der Waals surface area (Å²) < 4.78 is 14.0. The van der Waals surface area contributed by atoms with Gasteiger partial charge in [0, 0.05) is 37.5 Å². The van der Waals surface area contributed by atoms with Crippen molar-refractivity contribution in [2.24, 2.45) is 0 Å². The van der Waals surface area contributed by atoms with Gasteiger partial charge in [-0.05, 0) is 43.3 Å². The predicted octanol–water partition coefficient (Wildman–Crippen LogP) is 4.40. The molecule has 1 aromatic carbocycles. The van der Waals surface area contributed by atoms with E-state index >= 15 is 0 Å². The summed E-state index contributed by atoms with van der Waals surface area (Å²) in [6, 6.07) is 4.85. The first-order valence-corrected chi connectivity index (χ1v) is 9.01. The lowest BCUT2D eigenvalue weighted by molar-refractivity contribution is 0.112. The highest BCUT2D eigenvalue weighted by atomic mass is 19.1. The fraction of sp³-hybridized carbons (Fsp3) is 0.333. The number of nitrogens with zero attached hydrogens (tertiary/aromatic N) is 2. The Kier molecular flexibility index (Phi) is 9.75. The van der Waals surface area contributed by atoms with Crippen molar-refractivity contribution in [1.29, 1.82) is 0 Å². The zero-order valence-electron chi connectivity index (χ0n) is 16.4. The van der Waals surface area contributed by atoms with Gasteiger partial charge < -0.3 is 15.3 Å². The number of nitrogens with one attached hydrogen (secondary N) is 1. The van der Waals surface area contributed by atoms with Crippen molar-refractivity contribution in [1.82, 2.24) is 9.88 Å². The van der Waals surface area contributed by atoms with Gasteiger partial charge in [-0.15, -0.1) is 0 Å². The summed E-state index contributed by atoms with van der Waals surface area (Å²) in [6.45, 7) is 6.63. The van der Waals surface area contributed by atoms with Crippen LogP contribution in [-0.2, 0) is 0 Å². The monoisotopic (exact) mass is 373 g/mol. The van der Waals surface area contributed by atoms with Crippen LogP contribution in [0.2, 0.25) is 0 Å². The molecule has 2 rings (SSSR count). The Morgan fingerprint density at radius 2 is 2.00 bits per heavy atom. The number of hydrogen-bond acceptors (Lipinski definition) is 5. The first kappa shape index (κ1) is 22.3. The zero-order chi connectivity index (χ0) is 20.2. The smallest absolute Gasteiger partial charge is 0.152 e. The van der Waals surface area contributed by atoms with Crippen LogP contribution < -0.4 is 5.32 Å². The molecule has 0 spiro atoms. The minimum atomic E-state index is -0.387. The molecule has 0 radical (unpaired) electrons. The summed E-state index contributed by atoms with van der Waals surface area (Å²) in [4.78, 5) is 17.6. The van der Waals surface area contributed by atoms with Crippen molar-refractivity contribution in [2.45, 2.75) is 27.2 Å². The van der Waals surface area contributed by atoms with Crippen molar-refractivity contribution < 1.29 is 14.3 Å². The van der Waals surface area contributed by atoms with Crippen molar-refractivity contribution in [3.8, 4) is 0 Å². The quantitative estimate of drug-likeness (QED) is 0.672. The molecule has 0 aliphatic heterocycles. The molecule has 6 heteroatoms. The summed E-state index contributed by atoms with van der Waals surface area (Å²) in [5.74, 6) is -0.387. The first-order chi connectivity index (χ1) is 13.0. The number of benzene rings is 1. The third-order valence-corrected chi connectivity index (χ3v) is 3.71. The molecule has 0 saturated carbocycles. The molecular formula is C21H28FN3O2. The van der Waals surface area contributed by atoms with Gasteiger partial charge in [0.15, 0.2) is 6.29 Å². The summed E-state index contributed by atoms with van der Waals surface area (Å²) in [6.07, 6.45) is 8.05. The molecule has 5 nitrogen and oxygen atoms in total. The van der Waals surface area contributed by atoms with Crippen LogP contribution in [0.1, 0.15) is 41.8 Å². The van der Waals surface area contributed by atoms with Crippen LogP contribution >= 0.6 is 0 Å². The number of rotatable bonds is 8. The molecule has 27 heavy (non-hydrogen) atoms. The van der Waals surface area contributed by atoms with Gasteiger partial charge in [-0.3, -0.25) is 9.78 Å². The van der Waals surface area contributed by atoms with Crippen LogP contribution in [-0.4, -0.2) is 41.5 Å². The maximum atomic E-state index is 14.0. The number of aliphatic hydroxyl groups is 1. The van der Waals surface area contributed by atoms with Gasteiger partial charge in [0.25, 0.3) is 0 Å². The third-order valence-electron chi connectivity index (χ3n) is 3.71. The summed E-state index contributed by atoms with van der Waals surface area (Å²) in [7, 11) is 1.88. The highest BCUT2D eigenvalue weighted by Crippen LogP contribution is 2.25. The second-order valence-electron chi connectivity index (χ2n) is 5.79. The molecule has 0 amide bonds. The minimum Gasteiger partial charge on any atom is -0.396 e. The largest absolute Gasteiger partial charge is 0.396 e. The van der Waals surface area contributed by atoms with Gasteiger partial charge >= 0.3 is 0 Å². The number of carbonyl (C=O) groups excluding carboxylic acids is 1. The number of anilines is 2. The molecule has 2 aromatic rings. The molecule has 1 heterocycles. The van der Waals surface area contributed by atoms with Gasteiger partial charge in [0.1, 0.15) is 5.82 Å². The fourth-order valence-electron chi connectivity index (χ4n) is 2.32. The second kappa shape index (κ2) is 11.8. The molecule has 0 atom stereocenters. The molecule has 0 unspecified atom stereocenters. The highest BCUT2D eigenvalue weighted by molar-refractivity contribution is 5.90. The number of aliphatic hydroxyl groups excluding tert-OH is 1. The van der Waals surface area contributed by atoms with Crippen molar-refractivity contribution >= 4 is 23.7 Å². The van der Waals surface area contributed by atoms with Crippen LogP contribution in [0.25, 0.3) is 6.08 Å². The molecule has 0 bridgehead atoms. The van der Waals surface area contributed by atoms with Gasteiger partial charge in [0.05, 0.1) is 17.6 Å². The van der Waals surface area contributed by atoms with E-state index in [1.54, 1.807) is 24.4 Å². The highest BCUT2D eigenvalue weighted by Gasteiger charge is 2.10. The van der Waals surface area contributed by atoms with E-state index in [-0.39, 0.29) is 18.1 Å². The van der Waals surface area contributed by atoms with Gasteiger partial charge in [0.2, 0.25) is 0 Å². The normalized spacial score (nSPS) is 10.3. The number of carbonyl (C=O) groups is 1. The Balaban J connectivity index is 0.00000176. The standard InChI is InChI=1S/C19H22FN3O2.C2H6/c1-14-4-5-18(17(20)10-14)22-19-12-21-11-15(16(19)13-25)6-8-23(2)7-3-9-24;1-2/h4-6,8,10-13,22,24H,3,7,9H2,1-2H3;1-2H3/b8-6-;. The number of aromatic nitrogens is 1. The lowest BCUT2D eigenvalue weighted by Gasteiger charge is -2.14. The average molecular weight is 373 g/mol. The van der Waals surface area contributed by atoms with E-state index in [0.29, 0.717) is 29.8 Å². The lowest BCUT2D eigenvalue weighted by atomic mass is 10.1. The summed E-state index contributed by atoms with van der Waals surface area (Å²) in [5.41, 5.74) is 2.58. The first-order valence-electron chi connectivity index (χ1n) is 9.01. The Labute approximate surface area is 160 Å². The van der Waals surface area contributed by atoms with Crippen LogP contribution in [0.15, 0.2) is 36.8 Å². The molecule has 1 aromatic heterocycles. The van der Waals surface area contributed by atoms with E-state index in [1.807, 2.05) is 38.9 Å². The Morgan fingerprint density at radius 1 is 1.26 bits per heavy atom. The van der Waals surface area contributed by atoms with Crippen LogP contribution in [0.3, 0.4) is 0 Å². The van der Waals surface area contributed by atoms with Crippen molar-refractivity contribution in [2.75, 3.05) is 25.5 Å². The molecule has 146 valence electrons. The Morgan fingerprint density at radius 3 is 2.63 bits per heavy atom. The molecular weight excluding hydrogens is 345 g/mol. The number of aryl methyl sites for hydroxylation is 1. The molecule has 0 saturated heterocycles. The van der Waals surface area contributed by atoms with E-state index < -0.39 is 0 Å². The van der Waals surface area contributed by atoms with E-state index in [0.717, 1.165) is 11.8 Å². The number of pyridine rings is 1. The maximum Gasteiger partial charge on any atom is 0.152 e. The minimum absolute atomic E-state index is 0.126. The lowest BCUT2D eigenvalue weighted by Crippen LogP contribution is -2.13. The third kappa shape index (κ3) is 6.83. The zero-order valence-corrected chi connectivity index (χ0v) is 16.4. The maximum absolute atomic E-state index is 14.0. The Bertz CT molecular complexity index is 763. The second-order valence-corrected chi connectivity index (χ2v) is 5.79. The van der Waals surface area contributed by atoms with Crippen molar-refractivity contribution in [3.63, 3.8) is 0 Å².